The fourth-order valence-electron chi connectivity index (χ4n) is 4.08. The number of pyridine rings is 1. The van der Waals surface area contributed by atoms with Gasteiger partial charge >= 0.3 is 6.18 Å². The molecule has 2 aromatic carbocycles. The number of nitrogens with zero attached hydrogens (tertiary/aromatic N) is 2. The van der Waals surface area contributed by atoms with Crippen LogP contribution >= 0.6 is 0 Å². The third-order valence-electron chi connectivity index (χ3n) is 5.90. The van der Waals surface area contributed by atoms with Gasteiger partial charge in [-0.15, -0.1) is 0 Å². The molecular weight excluding hydrogens is 471 g/mol. The summed E-state index contributed by atoms with van der Waals surface area (Å²) < 4.78 is 47.5. The van der Waals surface area contributed by atoms with Crippen LogP contribution in [0.1, 0.15) is 28.4 Å². The topological polar surface area (TPSA) is 90.3 Å². The van der Waals surface area contributed by atoms with Crippen molar-refractivity contribution in [2.24, 2.45) is 0 Å². The summed E-state index contributed by atoms with van der Waals surface area (Å²) in [6, 6.07) is 11.7. The van der Waals surface area contributed by atoms with Gasteiger partial charge in [0, 0.05) is 61.0 Å². The standard InChI is InChI=1S/C26H26F3N5O2/c1-15(30)20-7-5-18(12-24(20)31-2)36-19-8-9-32-23(11-19)16-4-6-21(22(10-16)26(27,28)29)25(35)33-17-13-34(3)14-17/h4-12,17,30-31H,13-14H2,1-3H3,(H,33,35). The average molecular weight is 498 g/mol. The molecule has 1 saturated heterocycles. The molecule has 3 N–H and O–H groups in total. The van der Waals surface area contributed by atoms with Crippen molar-refractivity contribution in [1.82, 2.24) is 15.2 Å². The highest BCUT2D eigenvalue weighted by Crippen LogP contribution is 2.36. The van der Waals surface area contributed by atoms with Crippen molar-refractivity contribution < 1.29 is 22.7 Å². The van der Waals surface area contributed by atoms with Gasteiger partial charge in [0.1, 0.15) is 11.5 Å². The summed E-state index contributed by atoms with van der Waals surface area (Å²) in [5.41, 5.74) is 0.878. The van der Waals surface area contributed by atoms with E-state index < -0.39 is 23.2 Å². The minimum Gasteiger partial charge on any atom is -0.457 e. The van der Waals surface area contributed by atoms with E-state index in [-0.39, 0.29) is 17.3 Å². The molecule has 3 aromatic rings. The zero-order chi connectivity index (χ0) is 26.0. The number of hydrogen-bond donors (Lipinski definition) is 3. The fourth-order valence-corrected chi connectivity index (χ4v) is 4.08. The van der Waals surface area contributed by atoms with Gasteiger partial charge < -0.3 is 25.7 Å². The van der Waals surface area contributed by atoms with Gasteiger partial charge in [-0.25, -0.2) is 0 Å². The van der Waals surface area contributed by atoms with E-state index in [1.54, 1.807) is 38.2 Å². The van der Waals surface area contributed by atoms with Gasteiger partial charge in [0.25, 0.3) is 5.91 Å². The van der Waals surface area contributed by atoms with Gasteiger partial charge in [-0.2, -0.15) is 13.2 Å². The Bertz CT molecular complexity index is 1300. The van der Waals surface area contributed by atoms with E-state index >= 15 is 0 Å². The van der Waals surface area contributed by atoms with Gasteiger partial charge in [-0.1, -0.05) is 6.07 Å². The number of aromatic nitrogens is 1. The Balaban J connectivity index is 1.60. The fraction of sp³-hybridized carbons (Fsp3) is 0.269. The molecule has 7 nitrogen and oxygen atoms in total. The van der Waals surface area contributed by atoms with Gasteiger partial charge in [0.15, 0.2) is 0 Å². The molecule has 0 unspecified atom stereocenters. The molecule has 10 heteroatoms. The number of carbonyl (C=O) groups is 1. The second-order valence-corrected chi connectivity index (χ2v) is 8.71. The first-order valence-electron chi connectivity index (χ1n) is 11.3. The predicted molar refractivity (Wildman–Crippen MR) is 132 cm³/mol. The molecular formula is C26H26F3N5O2. The van der Waals surface area contributed by atoms with Crippen molar-refractivity contribution >= 4 is 17.3 Å². The van der Waals surface area contributed by atoms with Gasteiger partial charge in [-0.3, -0.25) is 9.78 Å². The molecule has 1 aromatic heterocycles. The van der Waals surface area contributed by atoms with E-state index in [2.05, 4.69) is 15.6 Å². The van der Waals surface area contributed by atoms with E-state index in [4.69, 9.17) is 10.1 Å². The maximum atomic E-state index is 13.9. The summed E-state index contributed by atoms with van der Waals surface area (Å²) in [6.45, 7) is 2.88. The summed E-state index contributed by atoms with van der Waals surface area (Å²) >= 11 is 0. The summed E-state index contributed by atoms with van der Waals surface area (Å²) in [6.07, 6.45) is -3.27. The third-order valence-corrected chi connectivity index (χ3v) is 5.90. The smallest absolute Gasteiger partial charge is 0.417 e. The third kappa shape index (κ3) is 5.49. The number of alkyl halides is 3. The highest BCUT2D eigenvalue weighted by atomic mass is 19.4. The first kappa shape index (κ1) is 25.2. The van der Waals surface area contributed by atoms with Crippen molar-refractivity contribution in [2.45, 2.75) is 19.1 Å². The normalized spacial score (nSPS) is 14.2. The molecule has 0 spiro atoms. The quantitative estimate of drug-likeness (QED) is 0.398. The van der Waals surface area contributed by atoms with Gasteiger partial charge in [0.05, 0.1) is 22.9 Å². The molecule has 0 atom stereocenters. The van der Waals surface area contributed by atoms with Crippen LogP contribution in [-0.2, 0) is 6.18 Å². The zero-order valence-electron chi connectivity index (χ0n) is 20.0. The lowest BCUT2D eigenvalue weighted by Crippen LogP contribution is -2.57. The van der Waals surface area contributed by atoms with E-state index in [9.17, 15) is 18.0 Å². The SMILES string of the molecule is CNc1cc(Oc2ccnc(-c3ccc(C(=O)NC4CN(C)C4)c(C(F)(F)F)c3)c2)ccc1C(C)=N. The molecule has 1 fully saturated rings. The van der Waals surface area contributed by atoms with Crippen LogP contribution in [0, 0.1) is 5.41 Å². The maximum absolute atomic E-state index is 13.9. The van der Waals surface area contributed by atoms with E-state index in [1.165, 1.54) is 24.4 Å². The van der Waals surface area contributed by atoms with Crippen LogP contribution < -0.4 is 15.4 Å². The zero-order valence-corrected chi connectivity index (χ0v) is 20.0. The molecule has 1 aliphatic heterocycles. The highest BCUT2D eigenvalue weighted by molar-refractivity contribution is 6.01. The van der Waals surface area contributed by atoms with E-state index in [0.29, 0.717) is 36.0 Å². The number of halogens is 3. The summed E-state index contributed by atoms with van der Waals surface area (Å²) in [4.78, 5) is 18.7. The lowest BCUT2D eigenvalue weighted by Gasteiger charge is -2.36. The lowest BCUT2D eigenvalue weighted by molar-refractivity contribution is -0.137. The van der Waals surface area contributed by atoms with Crippen LogP contribution in [0.2, 0.25) is 0 Å². The number of benzene rings is 2. The first-order valence-corrected chi connectivity index (χ1v) is 11.3. The van der Waals surface area contributed by atoms with Crippen molar-refractivity contribution in [3.63, 3.8) is 0 Å². The Morgan fingerprint density at radius 2 is 1.78 bits per heavy atom. The monoisotopic (exact) mass is 497 g/mol. The number of amides is 1. The summed E-state index contributed by atoms with van der Waals surface area (Å²) in [5, 5.41) is 13.5. The lowest BCUT2D eigenvalue weighted by atomic mass is 10.00. The Hall–Kier alpha value is -3.92. The molecule has 1 aliphatic rings. The molecule has 36 heavy (non-hydrogen) atoms. The maximum Gasteiger partial charge on any atom is 0.417 e. The van der Waals surface area contributed by atoms with Gasteiger partial charge in [-0.05, 0) is 44.3 Å². The van der Waals surface area contributed by atoms with Crippen molar-refractivity contribution in [3.8, 4) is 22.8 Å². The van der Waals surface area contributed by atoms with Crippen molar-refractivity contribution in [2.75, 3.05) is 32.5 Å². The van der Waals surface area contributed by atoms with Crippen LogP contribution in [0.15, 0.2) is 54.7 Å². The van der Waals surface area contributed by atoms with Crippen LogP contribution in [-0.4, -0.2) is 54.7 Å². The number of likely N-dealkylation sites (N-methyl/N-ethyl adjacent to an activating group) is 1. The number of likely N-dealkylation sites (tertiary alicyclic amines) is 1. The molecule has 0 aliphatic carbocycles. The molecule has 0 saturated carbocycles. The average Bonchev–Trinajstić information content (AvgIpc) is 2.82. The summed E-state index contributed by atoms with van der Waals surface area (Å²) in [7, 11) is 3.61. The van der Waals surface area contributed by atoms with Crippen molar-refractivity contribution in [1.29, 1.82) is 5.41 Å². The molecule has 2 heterocycles. The van der Waals surface area contributed by atoms with Crippen LogP contribution in [0.4, 0.5) is 18.9 Å². The molecule has 4 rings (SSSR count). The Morgan fingerprint density at radius 3 is 2.42 bits per heavy atom. The minimum absolute atomic E-state index is 0.167. The van der Waals surface area contributed by atoms with Crippen LogP contribution in [0.5, 0.6) is 11.5 Å². The van der Waals surface area contributed by atoms with Crippen molar-refractivity contribution in [3.05, 3.63) is 71.4 Å². The van der Waals surface area contributed by atoms with Crippen LogP contribution in [0.3, 0.4) is 0 Å². The largest absolute Gasteiger partial charge is 0.457 e. The Labute approximate surface area is 206 Å². The number of carbonyl (C=O) groups excluding carboxylic acids is 1. The molecule has 0 bridgehead atoms. The highest BCUT2D eigenvalue weighted by Gasteiger charge is 2.36. The number of anilines is 1. The molecule has 188 valence electrons. The van der Waals surface area contributed by atoms with E-state index in [1.807, 2.05) is 11.9 Å². The summed E-state index contributed by atoms with van der Waals surface area (Å²) in [5.74, 6) is 0.123. The Kier molecular flexibility index (Phi) is 6.98. The first-order chi connectivity index (χ1) is 17.0. The molecule has 1 amide bonds. The number of ether oxygens (including phenoxy) is 1. The van der Waals surface area contributed by atoms with E-state index in [0.717, 1.165) is 11.6 Å². The molecule has 0 radical (unpaired) electrons. The Morgan fingerprint density at radius 1 is 1.08 bits per heavy atom. The van der Waals surface area contributed by atoms with Gasteiger partial charge in [0.2, 0.25) is 0 Å². The predicted octanol–water partition coefficient (Wildman–Crippen LogP) is 5.03. The number of nitrogens with one attached hydrogen (secondary N) is 3. The minimum atomic E-state index is -4.72. The second kappa shape index (κ2) is 9.98. The van der Waals surface area contributed by atoms with Crippen LogP contribution in [0.25, 0.3) is 11.3 Å². The second-order valence-electron chi connectivity index (χ2n) is 8.71. The number of rotatable bonds is 7. The number of hydrogen-bond acceptors (Lipinski definition) is 6.